The third-order valence-electron chi connectivity index (χ3n) is 1.14. The zero-order valence-corrected chi connectivity index (χ0v) is 8.33. The molecule has 13 heavy (non-hydrogen) atoms. The Morgan fingerprint density at radius 2 is 2.69 bits per heavy atom. The van der Waals surface area contributed by atoms with Gasteiger partial charge in [0.2, 0.25) is 0 Å². The van der Waals surface area contributed by atoms with Crippen LogP contribution in [0.3, 0.4) is 0 Å². The summed E-state index contributed by atoms with van der Waals surface area (Å²) in [4.78, 5) is 14.9. The fourth-order valence-electron chi connectivity index (χ4n) is 0.545. The molecule has 0 aliphatic rings. The minimum atomic E-state index is -0.619. The van der Waals surface area contributed by atoms with Crippen molar-refractivity contribution >= 4 is 28.2 Å². The van der Waals surface area contributed by atoms with Crippen LogP contribution in [-0.2, 0) is 4.84 Å². The van der Waals surface area contributed by atoms with Crippen LogP contribution < -0.4 is 5.32 Å². The second-order valence-corrected chi connectivity index (χ2v) is 2.85. The first-order valence-corrected chi connectivity index (χ1v) is 4.14. The maximum absolute atomic E-state index is 10.5. The molecule has 0 saturated heterocycles. The van der Waals surface area contributed by atoms with Crippen molar-refractivity contribution in [3.05, 3.63) is 16.4 Å². The minimum Gasteiger partial charge on any atom is -0.323 e. The summed E-state index contributed by atoms with van der Waals surface area (Å²) in [5, 5.41) is 12.0. The number of carbonyl (C=O) groups is 1. The molecule has 70 valence electrons. The van der Waals surface area contributed by atoms with E-state index in [0.717, 1.165) is 4.47 Å². The molecule has 1 rings (SSSR count). The second kappa shape index (κ2) is 4.61. The largest absolute Gasteiger partial charge is 0.433 e. The summed E-state index contributed by atoms with van der Waals surface area (Å²) in [5.41, 5.74) is 0.629. The van der Waals surface area contributed by atoms with Gasteiger partial charge in [0.25, 0.3) is 0 Å². The highest BCUT2D eigenvalue weighted by molar-refractivity contribution is 9.10. The molecule has 0 radical (unpaired) electrons. The highest BCUT2D eigenvalue weighted by atomic mass is 79.9. The number of hydrogen-bond acceptors (Lipinski definition) is 4. The highest BCUT2D eigenvalue weighted by Gasteiger charge is 1.98. The topological polar surface area (TPSA) is 79.4 Å². The molecular formula is C6H7BrN4O2. The molecule has 0 spiro atoms. The molecule has 0 fully saturated rings. The molecule has 0 atom stereocenters. The van der Waals surface area contributed by atoms with Crippen LogP contribution >= 0.6 is 15.9 Å². The van der Waals surface area contributed by atoms with Gasteiger partial charge in [0.05, 0.1) is 22.6 Å². The molecular weight excluding hydrogens is 240 g/mol. The van der Waals surface area contributed by atoms with E-state index in [0.29, 0.717) is 5.69 Å². The number of halogens is 1. The van der Waals surface area contributed by atoms with Crippen LogP contribution in [0.25, 0.3) is 0 Å². The van der Waals surface area contributed by atoms with Crippen LogP contribution in [0.15, 0.2) is 15.8 Å². The Morgan fingerprint density at radius 1 is 1.92 bits per heavy atom. The predicted molar refractivity (Wildman–Crippen MR) is 49.4 cm³/mol. The number of nitrogens with one attached hydrogen (secondary N) is 2. The van der Waals surface area contributed by atoms with Gasteiger partial charge < -0.3 is 5.32 Å². The lowest BCUT2D eigenvalue weighted by atomic mass is 10.5. The van der Waals surface area contributed by atoms with Gasteiger partial charge in [-0.25, -0.2) is 4.79 Å². The van der Waals surface area contributed by atoms with Crippen LogP contribution in [0.1, 0.15) is 5.69 Å². The van der Waals surface area contributed by atoms with Crippen molar-refractivity contribution in [3.8, 4) is 0 Å². The second-order valence-electron chi connectivity index (χ2n) is 1.99. The summed E-state index contributed by atoms with van der Waals surface area (Å²) in [6.07, 6.45) is 2.29. The number of rotatable bonds is 2. The number of aromatic amines is 1. The number of oxime groups is 1. The number of aromatic nitrogens is 2. The van der Waals surface area contributed by atoms with Gasteiger partial charge in [-0.2, -0.15) is 5.10 Å². The van der Waals surface area contributed by atoms with Crippen LogP contribution in [0.2, 0.25) is 0 Å². The molecule has 1 aromatic heterocycles. The van der Waals surface area contributed by atoms with E-state index in [1.807, 2.05) is 0 Å². The molecule has 0 saturated carbocycles. The molecule has 2 N–H and O–H groups in total. The molecule has 1 heterocycles. The zero-order chi connectivity index (χ0) is 9.68. The number of carbonyl (C=O) groups excluding carboxylic acids is 1. The Morgan fingerprint density at radius 3 is 3.23 bits per heavy atom. The Labute approximate surface area is 82.5 Å². The number of H-pyrrole nitrogens is 1. The zero-order valence-electron chi connectivity index (χ0n) is 6.74. The first-order chi connectivity index (χ1) is 6.24. The van der Waals surface area contributed by atoms with E-state index in [4.69, 9.17) is 0 Å². The van der Waals surface area contributed by atoms with Gasteiger partial charge in [0, 0.05) is 7.05 Å². The monoisotopic (exact) mass is 246 g/mol. The van der Waals surface area contributed by atoms with Crippen LogP contribution in [0, 0.1) is 0 Å². The van der Waals surface area contributed by atoms with Crippen LogP contribution in [0.4, 0.5) is 4.79 Å². The fraction of sp³-hybridized carbons (Fsp3) is 0.167. The molecule has 0 aromatic carbocycles. The molecule has 7 heteroatoms. The van der Waals surface area contributed by atoms with Crippen LogP contribution in [-0.4, -0.2) is 29.6 Å². The average molecular weight is 247 g/mol. The summed E-state index contributed by atoms with van der Waals surface area (Å²) >= 11 is 3.21. The van der Waals surface area contributed by atoms with Gasteiger partial charge in [-0.15, -0.1) is 0 Å². The third kappa shape index (κ3) is 2.86. The van der Waals surface area contributed by atoms with Gasteiger partial charge in [0.15, 0.2) is 0 Å². The summed E-state index contributed by atoms with van der Waals surface area (Å²) in [6.45, 7) is 0. The summed E-state index contributed by atoms with van der Waals surface area (Å²) in [6, 6.07) is 0. The molecule has 1 aromatic rings. The molecule has 0 aliphatic heterocycles. The van der Waals surface area contributed by atoms with Crippen molar-refractivity contribution in [2.45, 2.75) is 0 Å². The van der Waals surface area contributed by atoms with E-state index in [2.05, 4.69) is 41.4 Å². The lowest BCUT2D eigenvalue weighted by Crippen LogP contribution is -2.16. The molecule has 0 bridgehead atoms. The molecule has 6 nitrogen and oxygen atoms in total. The van der Waals surface area contributed by atoms with Crippen molar-refractivity contribution in [2.75, 3.05) is 7.05 Å². The molecule has 0 unspecified atom stereocenters. The van der Waals surface area contributed by atoms with Crippen molar-refractivity contribution in [3.63, 3.8) is 0 Å². The summed E-state index contributed by atoms with van der Waals surface area (Å²) in [7, 11) is 1.45. The Bertz CT molecular complexity index is 322. The van der Waals surface area contributed by atoms with E-state index < -0.39 is 6.09 Å². The molecule has 0 aliphatic carbocycles. The normalized spacial score (nSPS) is 10.3. The minimum absolute atomic E-state index is 0.619. The lowest BCUT2D eigenvalue weighted by Gasteiger charge is -1.92. The van der Waals surface area contributed by atoms with Gasteiger partial charge >= 0.3 is 6.09 Å². The summed E-state index contributed by atoms with van der Waals surface area (Å²) in [5.74, 6) is 0. The van der Waals surface area contributed by atoms with Gasteiger partial charge in [0.1, 0.15) is 0 Å². The third-order valence-corrected chi connectivity index (χ3v) is 1.77. The number of hydrogen-bond donors (Lipinski definition) is 2. The van der Waals surface area contributed by atoms with Gasteiger partial charge in [-0.3, -0.25) is 9.94 Å². The highest BCUT2D eigenvalue weighted by Crippen LogP contribution is 2.09. The number of amides is 1. The van der Waals surface area contributed by atoms with Crippen molar-refractivity contribution in [2.24, 2.45) is 5.16 Å². The lowest BCUT2D eigenvalue weighted by molar-refractivity contribution is 0.154. The first kappa shape index (κ1) is 9.72. The summed E-state index contributed by atoms with van der Waals surface area (Å²) < 4.78 is 0.747. The first-order valence-electron chi connectivity index (χ1n) is 3.35. The Balaban J connectivity index is 2.50. The Kier molecular flexibility index (Phi) is 3.44. The van der Waals surface area contributed by atoms with Gasteiger partial charge in [-0.05, 0) is 15.9 Å². The van der Waals surface area contributed by atoms with Crippen molar-refractivity contribution in [1.29, 1.82) is 0 Å². The van der Waals surface area contributed by atoms with E-state index in [1.54, 1.807) is 6.20 Å². The molecule has 1 amide bonds. The maximum Gasteiger partial charge on any atom is 0.433 e. The standard InChI is InChI=1S/C6H7BrN4O2/c1-8-6(12)13-10-3-5-4(7)2-9-11-5/h2-3H,1H3,(H,8,12)(H,9,11)/b10-3-. The van der Waals surface area contributed by atoms with E-state index in [-0.39, 0.29) is 0 Å². The van der Waals surface area contributed by atoms with Gasteiger partial charge in [-0.1, -0.05) is 5.16 Å². The number of nitrogens with zero attached hydrogens (tertiary/aromatic N) is 2. The quantitative estimate of drug-likeness (QED) is 0.462. The smallest absolute Gasteiger partial charge is 0.323 e. The maximum atomic E-state index is 10.5. The SMILES string of the molecule is CNC(=O)O/N=C\c1[nH]ncc1Br. The average Bonchev–Trinajstić information content (AvgIpc) is 2.52. The Hall–Kier alpha value is -1.37. The van der Waals surface area contributed by atoms with Crippen LogP contribution in [0.5, 0.6) is 0 Å². The van der Waals surface area contributed by atoms with E-state index >= 15 is 0 Å². The predicted octanol–water partition coefficient (Wildman–Crippen LogP) is 0.862. The van der Waals surface area contributed by atoms with E-state index in [9.17, 15) is 4.79 Å². The van der Waals surface area contributed by atoms with Crippen molar-refractivity contribution in [1.82, 2.24) is 15.5 Å². The van der Waals surface area contributed by atoms with Crippen molar-refractivity contribution < 1.29 is 9.63 Å². The van der Waals surface area contributed by atoms with E-state index in [1.165, 1.54) is 13.3 Å². The fourth-order valence-corrected chi connectivity index (χ4v) is 0.838.